The van der Waals surface area contributed by atoms with Gasteiger partial charge in [-0.05, 0) is 6.92 Å². The number of aliphatic carboxylic acids is 1. The van der Waals surface area contributed by atoms with Gasteiger partial charge in [0.15, 0.2) is 0 Å². The lowest BCUT2D eigenvalue weighted by atomic mass is 10.2. The second-order valence-corrected chi connectivity index (χ2v) is 3.40. The molecule has 1 fully saturated rings. The van der Waals surface area contributed by atoms with Crippen molar-refractivity contribution in [3.8, 4) is 0 Å². The topological polar surface area (TPSA) is 66.8 Å². The van der Waals surface area contributed by atoms with Gasteiger partial charge in [-0.3, -0.25) is 9.59 Å². The smallest absolute Gasteiger partial charge is 0.305 e. The predicted molar refractivity (Wildman–Crippen MR) is 48.9 cm³/mol. The first-order valence-corrected chi connectivity index (χ1v) is 4.70. The van der Waals surface area contributed by atoms with Crippen LogP contribution in [0.4, 0.5) is 0 Å². The second-order valence-electron chi connectivity index (χ2n) is 3.40. The van der Waals surface area contributed by atoms with Crippen LogP contribution in [0.15, 0.2) is 0 Å². The number of hydrogen-bond donors (Lipinski definition) is 1. The third-order valence-electron chi connectivity index (χ3n) is 2.26. The molecule has 0 radical (unpaired) electrons. The van der Waals surface area contributed by atoms with Crippen LogP contribution in [0.1, 0.15) is 19.8 Å². The summed E-state index contributed by atoms with van der Waals surface area (Å²) < 4.78 is 5.14. The molecule has 1 rings (SSSR count). The SMILES string of the molecule is CC(CC(=O)O)N1CCOCCC1=O. The molecule has 0 aromatic heterocycles. The van der Waals surface area contributed by atoms with Crippen LogP contribution in [0.25, 0.3) is 0 Å². The highest BCUT2D eigenvalue weighted by molar-refractivity contribution is 5.77. The molecule has 0 saturated carbocycles. The Bertz CT molecular complexity index is 229. The highest BCUT2D eigenvalue weighted by atomic mass is 16.5. The monoisotopic (exact) mass is 201 g/mol. The largest absolute Gasteiger partial charge is 0.481 e. The molecule has 1 N–H and O–H groups in total. The fraction of sp³-hybridized carbons (Fsp3) is 0.778. The summed E-state index contributed by atoms with van der Waals surface area (Å²) in [7, 11) is 0. The molecule has 80 valence electrons. The maximum atomic E-state index is 11.5. The van der Waals surface area contributed by atoms with Crippen LogP contribution in [0.2, 0.25) is 0 Å². The van der Waals surface area contributed by atoms with E-state index in [1.165, 1.54) is 0 Å². The summed E-state index contributed by atoms with van der Waals surface area (Å²) in [6.07, 6.45) is 0.343. The Balaban J connectivity index is 2.54. The van der Waals surface area contributed by atoms with Gasteiger partial charge in [-0.25, -0.2) is 0 Å². The Morgan fingerprint density at radius 2 is 2.36 bits per heavy atom. The molecule has 5 nitrogen and oxygen atoms in total. The van der Waals surface area contributed by atoms with Gasteiger partial charge in [0.25, 0.3) is 0 Å². The van der Waals surface area contributed by atoms with Crippen molar-refractivity contribution in [1.82, 2.24) is 4.90 Å². The summed E-state index contributed by atoms with van der Waals surface area (Å²) in [5.74, 6) is -0.897. The van der Waals surface area contributed by atoms with Crippen LogP contribution in [0.5, 0.6) is 0 Å². The minimum Gasteiger partial charge on any atom is -0.481 e. The Labute approximate surface area is 82.6 Å². The van der Waals surface area contributed by atoms with Gasteiger partial charge >= 0.3 is 5.97 Å². The summed E-state index contributed by atoms with van der Waals surface area (Å²) in [5.41, 5.74) is 0. The number of rotatable bonds is 3. The normalized spacial score (nSPS) is 20.4. The van der Waals surface area contributed by atoms with Gasteiger partial charge in [0.2, 0.25) is 5.91 Å². The molecule has 0 aromatic rings. The Hall–Kier alpha value is -1.10. The maximum Gasteiger partial charge on any atom is 0.305 e. The van der Waals surface area contributed by atoms with Crippen molar-refractivity contribution in [3.63, 3.8) is 0 Å². The minimum absolute atomic E-state index is 0.00819. The lowest BCUT2D eigenvalue weighted by Crippen LogP contribution is -2.40. The van der Waals surface area contributed by atoms with Gasteiger partial charge in [-0.15, -0.1) is 0 Å². The van der Waals surface area contributed by atoms with E-state index in [0.717, 1.165) is 0 Å². The number of carboxylic acids is 1. The molecular formula is C9H15NO4. The average Bonchev–Trinajstić information content (AvgIpc) is 2.28. The quantitative estimate of drug-likeness (QED) is 0.703. The van der Waals surface area contributed by atoms with E-state index < -0.39 is 5.97 Å². The summed E-state index contributed by atoms with van der Waals surface area (Å²) in [4.78, 5) is 23.6. The van der Waals surface area contributed by atoms with Gasteiger partial charge in [0, 0.05) is 12.6 Å². The number of nitrogens with zero attached hydrogens (tertiary/aromatic N) is 1. The van der Waals surface area contributed by atoms with Crippen LogP contribution < -0.4 is 0 Å². The van der Waals surface area contributed by atoms with E-state index in [-0.39, 0.29) is 18.4 Å². The number of carboxylic acid groups (broad SMARTS) is 1. The fourth-order valence-electron chi connectivity index (χ4n) is 1.52. The van der Waals surface area contributed by atoms with Crippen molar-refractivity contribution >= 4 is 11.9 Å². The molecule has 0 spiro atoms. The molecule has 1 amide bonds. The van der Waals surface area contributed by atoms with Gasteiger partial charge in [0.05, 0.1) is 26.1 Å². The Kier molecular flexibility index (Phi) is 3.88. The lowest BCUT2D eigenvalue weighted by molar-refractivity contribution is -0.140. The van der Waals surface area contributed by atoms with E-state index in [1.54, 1.807) is 11.8 Å². The number of hydrogen-bond acceptors (Lipinski definition) is 3. The number of carbonyl (C=O) groups excluding carboxylic acids is 1. The molecule has 0 aromatic carbocycles. The highest BCUT2D eigenvalue weighted by Crippen LogP contribution is 2.09. The van der Waals surface area contributed by atoms with Gasteiger partial charge in [0.1, 0.15) is 0 Å². The molecule has 0 bridgehead atoms. The zero-order valence-electron chi connectivity index (χ0n) is 8.23. The van der Waals surface area contributed by atoms with Crippen molar-refractivity contribution in [2.75, 3.05) is 19.8 Å². The standard InChI is InChI=1S/C9H15NO4/c1-7(6-9(12)13)10-3-5-14-4-2-8(10)11/h7H,2-6H2,1H3,(H,12,13). The molecule has 1 unspecified atom stereocenters. The Morgan fingerprint density at radius 1 is 1.64 bits per heavy atom. The third-order valence-corrected chi connectivity index (χ3v) is 2.26. The summed E-state index contributed by atoms with van der Waals surface area (Å²) >= 11 is 0. The van der Waals surface area contributed by atoms with Gasteiger partial charge < -0.3 is 14.7 Å². The third kappa shape index (κ3) is 2.99. The van der Waals surface area contributed by atoms with E-state index in [4.69, 9.17) is 9.84 Å². The molecule has 1 saturated heterocycles. The maximum absolute atomic E-state index is 11.5. The van der Waals surface area contributed by atoms with Crippen LogP contribution >= 0.6 is 0 Å². The summed E-state index contributed by atoms with van der Waals surface area (Å²) in [6.45, 7) is 3.18. The first-order chi connectivity index (χ1) is 6.61. The zero-order chi connectivity index (χ0) is 10.6. The fourth-order valence-corrected chi connectivity index (χ4v) is 1.52. The van der Waals surface area contributed by atoms with E-state index in [2.05, 4.69) is 0 Å². The van der Waals surface area contributed by atoms with E-state index >= 15 is 0 Å². The Morgan fingerprint density at radius 3 is 3.00 bits per heavy atom. The zero-order valence-corrected chi connectivity index (χ0v) is 8.23. The van der Waals surface area contributed by atoms with Crippen LogP contribution in [0.3, 0.4) is 0 Å². The first kappa shape index (κ1) is 11.0. The molecular weight excluding hydrogens is 186 g/mol. The van der Waals surface area contributed by atoms with E-state index in [0.29, 0.717) is 26.2 Å². The van der Waals surface area contributed by atoms with Crippen LogP contribution in [0, 0.1) is 0 Å². The first-order valence-electron chi connectivity index (χ1n) is 4.70. The van der Waals surface area contributed by atoms with Crippen molar-refractivity contribution < 1.29 is 19.4 Å². The highest BCUT2D eigenvalue weighted by Gasteiger charge is 2.23. The number of ether oxygens (including phenoxy) is 1. The molecule has 1 aliphatic rings. The van der Waals surface area contributed by atoms with E-state index in [9.17, 15) is 9.59 Å². The van der Waals surface area contributed by atoms with Crippen molar-refractivity contribution in [2.24, 2.45) is 0 Å². The van der Waals surface area contributed by atoms with Crippen molar-refractivity contribution in [2.45, 2.75) is 25.8 Å². The van der Waals surface area contributed by atoms with E-state index in [1.807, 2.05) is 0 Å². The molecule has 14 heavy (non-hydrogen) atoms. The molecule has 0 aliphatic carbocycles. The molecule has 5 heteroatoms. The minimum atomic E-state index is -0.879. The van der Waals surface area contributed by atoms with Crippen molar-refractivity contribution in [1.29, 1.82) is 0 Å². The summed E-state index contributed by atoms with van der Waals surface area (Å²) in [6, 6.07) is -0.248. The molecule has 1 aliphatic heterocycles. The van der Waals surface area contributed by atoms with Crippen LogP contribution in [-0.2, 0) is 14.3 Å². The summed E-state index contributed by atoms with van der Waals surface area (Å²) in [5, 5.41) is 8.60. The lowest BCUT2D eigenvalue weighted by Gasteiger charge is -2.26. The molecule has 1 atom stereocenters. The molecule has 1 heterocycles. The predicted octanol–water partition coefficient (Wildman–Crippen LogP) is 0.0985. The van der Waals surface area contributed by atoms with Gasteiger partial charge in [-0.2, -0.15) is 0 Å². The van der Waals surface area contributed by atoms with Crippen LogP contribution in [-0.4, -0.2) is 47.7 Å². The average molecular weight is 201 g/mol. The number of amides is 1. The van der Waals surface area contributed by atoms with Gasteiger partial charge in [-0.1, -0.05) is 0 Å². The second kappa shape index (κ2) is 4.95. The number of carbonyl (C=O) groups is 2. The van der Waals surface area contributed by atoms with Crippen molar-refractivity contribution in [3.05, 3.63) is 0 Å².